The molecule has 0 aromatic heterocycles. The Morgan fingerprint density at radius 3 is 2.06 bits per heavy atom. The molecule has 0 saturated carbocycles. The minimum absolute atomic E-state index is 0.0506. The highest BCUT2D eigenvalue weighted by atomic mass is 16.5. The lowest BCUT2D eigenvalue weighted by Crippen LogP contribution is -2.49. The van der Waals surface area contributed by atoms with Gasteiger partial charge in [-0.15, -0.1) is 0 Å². The standard InChI is InChI=1S/C28H36N2O5/c1-18(2)15-16-25(27(33)29-19(3)9-8-14-26(31)32)30-28(34)35-17-24-22-12-6-4-10-20(22)21-11-5-7-13-23(21)24/h4-7,10-13,18-19,24-25H,8-9,14-17H2,1-3H3,(H,29,33)(H,30,34)(H,31,32). The molecular weight excluding hydrogens is 444 g/mol. The van der Waals surface area contributed by atoms with E-state index >= 15 is 0 Å². The van der Waals surface area contributed by atoms with Crippen molar-refractivity contribution >= 4 is 18.0 Å². The number of ether oxygens (including phenoxy) is 1. The molecule has 2 atom stereocenters. The Hall–Kier alpha value is -3.35. The highest BCUT2D eigenvalue weighted by Crippen LogP contribution is 2.44. The Labute approximate surface area is 207 Å². The number of benzene rings is 2. The van der Waals surface area contributed by atoms with Gasteiger partial charge in [0.05, 0.1) is 0 Å². The van der Waals surface area contributed by atoms with Crippen molar-refractivity contribution in [2.75, 3.05) is 6.61 Å². The van der Waals surface area contributed by atoms with Crippen LogP contribution in [0, 0.1) is 5.92 Å². The van der Waals surface area contributed by atoms with Gasteiger partial charge < -0.3 is 20.5 Å². The van der Waals surface area contributed by atoms with Gasteiger partial charge in [0.25, 0.3) is 0 Å². The van der Waals surface area contributed by atoms with Crippen LogP contribution in [0.2, 0.25) is 0 Å². The third-order valence-electron chi connectivity index (χ3n) is 6.40. The maximum atomic E-state index is 12.9. The van der Waals surface area contributed by atoms with Crippen LogP contribution in [0.1, 0.15) is 69.9 Å². The fourth-order valence-corrected chi connectivity index (χ4v) is 4.53. The molecule has 7 heteroatoms. The molecule has 0 aliphatic heterocycles. The first-order valence-corrected chi connectivity index (χ1v) is 12.4. The molecule has 3 rings (SSSR count). The molecule has 1 aliphatic rings. The lowest BCUT2D eigenvalue weighted by atomic mass is 9.98. The number of alkyl carbamates (subject to hydrolysis) is 1. The molecule has 35 heavy (non-hydrogen) atoms. The normalized spacial score (nSPS) is 14.1. The lowest BCUT2D eigenvalue weighted by molar-refractivity contribution is -0.137. The van der Waals surface area contributed by atoms with Crippen molar-refractivity contribution in [1.82, 2.24) is 10.6 Å². The number of hydrogen-bond acceptors (Lipinski definition) is 4. The number of rotatable bonds is 12. The van der Waals surface area contributed by atoms with Gasteiger partial charge in [0.1, 0.15) is 12.6 Å². The van der Waals surface area contributed by atoms with Crippen molar-refractivity contribution < 1.29 is 24.2 Å². The van der Waals surface area contributed by atoms with E-state index in [4.69, 9.17) is 9.84 Å². The lowest BCUT2D eigenvalue weighted by Gasteiger charge is -2.22. The monoisotopic (exact) mass is 480 g/mol. The van der Waals surface area contributed by atoms with Gasteiger partial charge in [-0.2, -0.15) is 0 Å². The second-order valence-corrected chi connectivity index (χ2v) is 9.69. The zero-order valence-corrected chi connectivity index (χ0v) is 20.8. The van der Waals surface area contributed by atoms with E-state index in [9.17, 15) is 14.4 Å². The third-order valence-corrected chi connectivity index (χ3v) is 6.40. The van der Waals surface area contributed by atoms with Crippen LogP contribution < -0.4 is 10.6 Å². The van der Waals surface area contributed by atoms with Gasteiger partial charge in [-0.05, 0) is 60.8 Å². The number of fused-ring (bicyclic) bond motifs is 3. The minimum atomic E-state index is -0.852. The van der Waals surface area contributed by atoms with Gasteiger partial charge in [0.15, 0.2) is 0 Å². The fraction of sp³-hybridized carbons (Fsp3) is 0.464. The molecule has 2 unspecified atom stereocenters. The molecular formula is C28H36N2O5. The van der Waals surface area contributed by atoms with E-state index in [1.807, 2.05) is 31.2 Å². The zero-order valence-electron chi connectivity index (χ0n) is 20.8. The Kier molecular flexibility index (Phi) is 9.29. The smallest absolute Gasteiger partial charge is 0.407 e. The number of carboxylic acid groups (broad SMARTS) is 1. The number of carbonyl (C=O) groups excluding carboxylic acids is 2. The number of carboxylic acids is 1. The van der Waals surface area contributed by atoms with Gasteiger partial charge >= 0.3 is 12.1 Å². The predicted molar refractivity (Wildman–Crippen MR) is 135 cm³/mol. The fourth-order valence-electron chi connectivity index (χ4n) is 4.53. The number of aliphatic carboxylic acids is 1. The van der Waals surface area contributed by atoms with E-state index < -0.39 is 18.1 Å². The van der Waals surface area contributed by atoms with E-state index in [1.54, 1.807) is 0 Å². The van der Waals surface area contributed by atoms with E-state index in [-0.39, 0.29) is 30.9 Å². The van der Waals surface area contributed by atoms with Crippen LogP contribution in [0.15, 0.2) is 48.5 Å². The summed E-state index contributed by atoms with van der Waals surface area (Å²) in [7, 11) is 0. The van der Waals surface area contributed by atoms with Crippen LogP contribution in [0.4, 0.5) is 4.79 Å². The van der Waals surface area contributed by atoms with Gasteiger partial charge in [-0.1, -0.05) is 62.4 Å². The Morgan fingerprint density at radius 2 is 1.49 bits per heavy atom. The van der Waals surface area contributed by atoms with E-state index in [0.717, 1.165) is 28.7 Å². The molecule has 0 heterocycles. The molecule has 188 valence electrons. The van der Waals surface area contributed by atoms with Crippen molar-refractivity contribution in [1.29, 1.82) is 0 Å². The number of nitrogens with one attached hydrogen (secondary N) is 2. The van der Waals surface area contributed by atoms with Gasteiger partial charge in [-0.25, -0.2) is 4.79 Å². The summed E-state index contributed by atoms with van der Waals surface area (Å²) in [5, 5.41) is 14.5. The first-order chi connectivity index (χ1) is 16.8. The van der Waals surface area contributed by atoms with Crippen molar-refractivity contribution in [2.45, 2.75) is 70.9 Å². The van der Waals surface area contributed by atoms with Crippen LogP contribution in [0.25, 0.3) is 11.1 Å². The maximum absolute atomic E-state index is 12.9. The summed E-state index contributed by atoms with van der Waals surface area (Å²) in [5.74, 6) is -0.801. The van der Waals surface area contributed by atoms with Gasteiger partial charge in [0, 0.05) is 18.4 Å². The van der Waals surface area contributed by atoms with Crippen molar-refractivity contribution in [3.8, 4) is 11.1 Å². The Balaban J connectivity index is 1.59. The highest BCUT2D eigenvalue weighted by Gasteiger charge is 2.30. The van der Waals surface area contributed by atoms with Crippen molar-refractivity contribution in [3.63, 3.8) is 0 Å². The number of amides is 2. The molecule has 1 aliphatic carbocycles. The molecule has 0 fully saturated rings. The molecule has 2 aromatic carbocycles. The molecule has 0 bridgehead atoms. The first-order valence-electron chi connectivity index (χ1n) is 12.4. The minimum Gasteiger partial charge on any atom is -0.481 e. The molecule has 2 aromatic rings. The number of carbonyl (C=O) groups is 3. The summed E-state index contributed by atoms with van der Waals surface area (Å²) in [5.41, 5.74) is 4.57. The summed E-state index contributed by atoms with van der Waals surface area (Å²) in [4.78, 5) is 36.4. The van der Waals surface area contributed by atoms with Crippen molar-refractivity contribution in [2.24, 2.45) is 5.92 Å². The zero-order chi connectivity index (χ0) is 25.4. The topological polar surface area (TPSA) is 105 Å². The Bertz CT molecular complexity index is 990. The van der Waals surface area contributed by atoms with Crippen LogP contribution in [-0.4, -0.2) is 41.8 Å². The number of hydrogen-bond donors (Lipinski definition) is 3. The molecule has 0 spiro atoms. The highest BCUT2D eigenvalue weighted by molar-refractivity contribution is 5.86. The van der Waals surface area contributed by atoms with Crippen LogP contribution >= 0.6 is 0 Å². The summed E-state index contributed by atoms with van der Waals surface area (Å²) in [6.45, 7) is 6.16. The molecule has 3 N–H and O–H groups in total. The average Bonchev–Trinajstić information content (AvgIpc) is 3.13. The summed E-state index contributed by atoms with van der Waals surface area (Å²) < 4.78 is 5.63. The van der Waals surface area contributed by atoms with Crippen LogP contribution in [-0.2, 0) is 14.3 Å². The average molecular weight is 481 g/mol. The van der Waals surface area contributed by atoms with Crippen LogP contribution in [0.3, 0.4) is 0 Å². The Morgan fingerprint density at radius 1 is 0.886 bits per heavy atom. The predicted octanol–water partition coefficient (Wildman–Crippen LogP) is 5.09. The summed E-state index contributed by atoms with van der Waals surface area (Å²) in [6.07, 6.45) is 1.75. The molecule has 7 nitrogen and oxygen atoms in total. The maximum Gasteiger partial charge on any atom is 0.407 e. The molecule has 0 radical (unpaired) electrons. The van der Waals surface area contributed by atoms with E-state index in [0.29, 0.717) is 25.2 Å². The quantitative estimate of drug-likeness (QED) is 0.392. The molecule has 0 saturated heterocycles. The second-order valence-electron chi connectivity index (χ2n) is 9.69. The summed E-state index contributed by atoms with van der Waals surface area (Å²) in [6, 6.07) is 15.4. The molecule has 2 amide bonds. The van der Waals surface area contributed by atoms with Gasteiger partial charge in [-0.3, -0.25) is 9.59 Å². The van der Waals surface area contributed by atoms with Crippen LogP contribution in [0.5, 0.6) is 0 Å². The van der Waals surface area contributed by atoms with E-state index in [1.165, 1.54) is 0 Å². The second kappa shape index (κ2) is 12.4. The summed E-state index contributed by atoms with van der Waals surface area (Å²) >= 11 is 0. The third kappa shape index (κ3) is 7.31. The van der Waals surface area contributed by atoms with E-state index in [2.05, 4.69) is 48.7 Å². The SMILES string of the molecule is CC(C)CCC(NC(=O)OCC1c2ccccc2-c2ccccc21)C(=O)NC(C)CCCC(=O)O. The van der Waals surface area contributed by atoms with Crippen molar-refractivity contribution in [3.05, 3.63) is 59.7 Å². The first kappa shape index (κ1) is 26.3. The largest absolute Gasteiger partial charge is 0.481 e. The van der Waals surface area contributed by atoms with Gasteiger partial charge in [0.2, 0.25) is 5.91 Å².